The van der Waals surface area contributed by atoms with Crippen molar-refractivity contribution in [1.82, 2.24) is 10.6 Å². The minimum atomic E-state index is 0.129. The number of halogens is 1. The Hall–Kier alpha value is -1.26. The molecule has 0 saturated carbocycles. The third-order valence-electron chi connectivity index (χ3n) is 4.52. The van der Waals surface area contributed by atoms with E-state index < -0.39 is 0 Å². The Labute approximate surface area is 130 Å². The summed E-state index contributed by atoms with van der Waals surface area (Å²) in [5, 5.41) is 7.14. The third kappa shape index (κ3) is 2.87. The Kier molecular flexibility index (Phi) is 4.36. The Bertz CT molecular complexity index is 534. The predicted molar refractivity (Wildman–Crippen MR) is 85.7 cm³/mol. The minimum Gasteiger partial charge on any atom is -0.366 e. The van der Waals surface area contributed by atoms with Gasteiger partial charge in [0.05, 0.1) is 12.0 Å². The van der Waals surface area contributed by atoms with Gasteiger partial charge in [-0.05, 0) is 37.1 Å². The van der Waals surface area contributed by atoms with Gasteiger partial charge in [0.2, 0.25) is 5.91 Å². The summed E-state index contributed by atoms with van der Waals surface area (Å²) in [6.45, 7) is 5.62. The summed E-state index contributed by atoms with van der Waals surface area (Å²) in [6.07, 6.45) is 2.05. The number of hydrogen-bond acceptors (Lipinski definition) is 3. The molecule has 2 atom stereocenters. The SMILES string of the molecule is CCNCc1ccc(Cl)cc1N1CCCC2C(=O)NCC21. The lowest BCUT2D eigenvalue weighted by atomic mass is 9.90. The number of nitrogens with zero attached hydrogens (tertiary/aromatic N) is 1. The number of amides is 1. The van der Waals surface area contributed by atoms with Crippen molar-refractivity contribution >= 4 is 23.2 Å². The highest BCUT2D eigenvalue weighted by molar-refractivity contribution is 6.30. The highest BCUT2D eigenvalue weighted by Gasteiger charge is 2.41. The zero-order valence-electron chi connectivity index (χ0n) is 12.4. The molecular weight excluding hydrogens is 286 g/mol. The van der Waals surface area contributed by atoms with Gasteiger partial charge in [-0.25, -0.2) is 0 Å². The number of piperidine rings is 1. The highest BCUT2D eigenvalue weighted by Crippen LogP contribution is 2.34. The summed E-state index contributed by atoms with van der Waals surface area (Å²) in [5.41, 5.74) is 2.43. The monoisotopic (exact) mass is 307 g/mol. The molecule has 5 heteroatoms. The number of fused-ring (bicyclic) bond motifs is 1. The standard InChI is InChI=1S/C16H22ClN3O/c1-2-18-9-11-5-6-12(17)8-14(11)20-7-3-4-13-15(20)10-19-16(13)21/h5-6,8,13,15,18H,2-4,7,9-10H2,1H3,(H,19,21). The molecule has 2 saturated heterocycles. The van der Waals surface area contributed by atoms with E-state index in [0.29, 0.717) is 0 Å². The minimum absolute atomic E-state index is 0.129. The van der Waals surface area contributed by atoms with Crippen LogP contribution in [0.5, 0.6) is 0 Å². The number of hydrogen-bond donors (Lipinski definition) is 2. The van der Waals surface area contributed by atoms with Crippen LogP contribution in [-0.2, 0) is 11.3 Å². The van der Waals surface area contributed by atoms with Gasteiger partial charge in [-0.3, -0.25) is 4.79 Å². The van der Waals surface area contributed by atoms with E-state index in [9.17, 15) is 4.79 Å². The van der Waals surface area contributed by atoms with Crippen LogP contribution >= 0.6 is 11.6 Å². The van der Waals surface area contributed by atoms with Crippen LogP contribution in [0.1, 0.15) is 25.3 Å². The second-order valence-electron chi connectivity index (χ2n) is 5.81. The van der Waals surface area contributed by atoms with E-state index in [2.05, 4.69) is 28.5 Å². The number of benzene rings is 1. The molecule has 2 aliphatic rings. The van der Waals surface area contributed by atoms with E-state index in [4.69, 9.17) is 11.6 Å². The Morgan fingerprint density at radius 3 is 3.14 bits per heavy atom. The van der Waals surface area contributed by atoms with Gasteiger partial charge in [0.25, 0.3) is 0 Å². The molecule has 1 aromatic carbocycles. The molecule has 0 spiro atoms. The molecular formula is C16H22ClN3O. The van der Waals surface area contributed by atoms with E-state index in [0.717, 1.165) is 44.0 Å². The highest BCUT2D eigenvalue weighted by atomic mass is 35.5. The molecule has 4 nitrogen and oxygen atoms in total. The fourth-order valence-electron chi connectivity index (χ4n) is 3.46. The molecule has 21 heavy (non-hydrogen) atoms. The van der Waals surface area contributed by atoms with Crippen LogP contribution in [0.15, 0.2) is 18.2 Å². The first-order valence-corrected chi connectivity index (χ1v) is 8.12. The van der Waals surface area contributed by atoms with Crippen LogP contribution in [0.4, 0.5) is 5.69 Å². The van der Waals surface area contributed by atoms with Crippen LogP contribution in [0.25, 0.3) is 0 Å². The number of nitrogens with one attached hydrogen (secondary N) is 2. The lowest BCUT2D eigenvalue weighted by Crippen LogP contribution is -2.46. The van der Waals surface area contributed by atoms with Crippen molar-refractivity contribution in [2.45, 2.75) is 32.4 Å². The Morgan fingerprint density at radius 1 is 1.48 bits per heavy atom. The molecule has 0 aromatic heterocycles. The smallest absolute Gasteiger partial charge is 0.225 e. The molecule has 2 fully saturated rings. The van der Waals surface area contributed by atoms with Gasteiger partial charge in [-0.2, -0.15) is 0 Å². The van der Waals surface area contributed by atoms with Crippen molar-refractivity contribution in [2.75, 3.05) is 24.5 Å². The number of carbonyl (C=O) groups is 1. The summed E-state index contributed by atoms with van der Waals surface area (Å²) < 4.78 is 0. The van der Waals surface area contributed by atoms with Crippen LogP contribution in [-0.4, -0.2) is 31.6 Å². The summed E-state index contributed by atoms with van der Waals surface area (Å²) in [7, 11) is 0. The van der Waals surface area contributed by atoms with Crippen molar-refractivity contribution in [2.24, 2.45) is 5.92 Å². The van der Waals surface area contributed by atoms with Crippen molar-refractivity contribution in [1.29, 1.82) is 0 Å². The normalized spacial score (nSPS) is 24.9. The largest absolute Gasteiger partial charge is 0.366 e. The lowest BCUT2D eigenvalue weighted by Gasteiger charge is -2.39. The van der Waals surface area contributed by atoms with Gasteiger partial charge in [0.1, 0.15) is 0 Å². The molecule has 3 rings (SSSR count). The first-order chi connectivity index (χ1) is 10.2. The zero-order chi connectivity index (χ0) is 14.8. The molecule has 2 aliphatic heterocycles. The van der Waals surface area contributed by atoms with Gasteiger partial charge in [0, 0.05) is 30.3 Å². The maximum Gasteiger partial charge on any atom is 0.225 e. The van der Waals surface area contributed by atoms with Crippen molar-refractivity contribution in [3.63, 3.8) is 0 Å². The average molecular weight is 308 g/mol. The van der Waals surface area contributed by atoms with Crippen molar-refractivity contribution in [3.05, 3.63) is 28.8 Å². The van der Waals surface area contributed by atoms with Gasteiger partial charge in [-0.1, -0.05) is 24.6 Å². The van der Waals surface area contributed by atoms with Gasteiger partial charge in [-0.15, -0.1) is 0 Å². The van der Waals surface area contributed by atoms with E-state index in [1.807, 2.05) is 12.1 Å². The van der Waals surface area contributed by atoms with Crippen molar-refractivity contribution < 1.29 is 4.79 Å². The first kappa shape index (κ1) is 14.7. The number of rotatable bonds is 4. The zero-order valence-corrected chi connectivity index (χ0v) is 13.1. The molecule has 0 radical (unpaired) electrons. The Morgan fingerprint density at radius 2 is 2.33 bits per heavy atom. The first-order valence-electron chi connectivity index (χ1n) is 7.74. The van der Waals surface area contributed by atoms with E-state index in [-0.39, 0.29) is 17.9 Å². The van der Waals surface area contributed by atoms with Crippen LogP contribution in [0, 0.1) is 5.92 Å². The Balaban J connectivity index is 1.91. The van der Waals surface area contributed by atoms with Crippen LogP contribution < -0.4 is 15.5 Å². The van der Waals surface area contributed by atoms with Crippen LogP contribution in [0.2, 0.25) is 5.02 Å². The molecule has 2 N–H and O–H groups in total. The third-order valence-corrected chi connectivity index (χ3v) is 4.76. The second kappa shape index (κ2) is 6.24. The molecule has 0 bridgehead atoms. The molecule has 2 unspecified atom stereocenters. The molecule has 1 aromatic rings. The molecule has 114 valence electrons. The van der Waals surface area contributed by atoms with Gasteiger partial charge >= 0.3 is 0 Å². The van der Waals surface area contributed by atoms with Gasteiger partial charge < -0.3 is 15.5 Å². The van der Waals surface area contributed by atoms with E-state index >= 15 is 0 Å². The second-order valence-corrected chi connectivity index (χ2v) is 6.24. The topological polar surface area (TPSA) is 44.4 Å². The summed E-state index contributed by atoms with van der Waals surface area (Å²) in [6, 6.07) is 6.34. The summed E-state index contributed by atoms with van der Waals surface area (Å²) in [5.74, 6) is 0.338. The number of carbonyl (C=O) groups excluding carboxylic acids is 1. The quantitative estimate of drug-likeness (QED) is 0.896. The van der Waals surface area contributed by atoms with E-state index in [1.165, 1.54) is 11.3 Å². The molecule has 2 heterocycles. The van der Waals surface area contributed by atoms with Crippen molar-refractivity contribution in [3.8, 4) is 0 Å². The maximum absolute atomic E-state index is 11.9. The lowest BCUT2D eigenvalue weighted by molar-refractivity contribution is -0.122. The van der Waals surface area contributed by atoms with Crippen LogP contribution in [0.3, 0.4) is 0 Å². The molecule has 0 aliphatic carbocycles. The average Bonchev–Trinajstić information content (AvgIpc) is 2.88. The number of anilines is 1. The molecule has 1 amide bonds. The fourth-order valence-corrected chi connectivity index (χ4v) is 3.63. The summed E-state index contributed by atoms with van der Waals surface area (Å²) in [4.78, 5) is 14.3. The fraction of sp³-hybridized carbons (Fsp3) is 0.562. The predicted octanol–water partition coefficient (Wildman–Crippen LogP) is 2.16. The van der Waals surface area contributed by atoms with E-state index in [1.54, 1.807) is 0 Å². The summed E-state index contributed by atoms with van der Waals surface area (Å²) >= 11 is 6.21. The van der Waals surface area contributed by atoms with Gasteiger partial charge in [0.15, 0.2) is 0 Å². The maximum atomic E-state index is 11.9.